The van der Waals surface area contributed by atoms with E-state index in [0.717, 1.165) is 62.1 Å². The third-order valence-electron chi connectivity index (χ3n) is 10.7. The van der Waals surface area contributed by atoms with Gasteiger partial charge in [-0.3, -0.25) is 23.3 Å². The Bertz CT molecular complexity index is 1540. The molecule has 0 aromatic carbocycles. The van der Waals surface area contributed by atoms with Crippen molar-refractivity contribution in [3.05, 3.63) is 22.7 Å². The zero-order chi connectivity index (χ0) is 45.6. The molecular weight excluding hydrogens is 848 g/mol. The molecule has 62 heavy (non-hydrogen) atoms. The Hall–Kier alpha value is -2.24. The minimum Gasteiger partial charge on any atom is -0.756 e. The molecule has 18 nitrogen and oxygen atoms in total. The molecule has 1 fully saturated rings. The van der Waals surface area contributed by atoms with Crippen LogP contribution in [0.4, 0.5) is 5.82 Å². The summed E-state index contributed by atoms with van der Waals surface area (Å²) in [6, 6.07) is 1.23. The number of carbonyl (C=O) groups excluding carboxylic acids is 2. The van der Waals surface area contributed by atoms with Crippen molar-refractivity contribution in [2.24, 2.45) is 0 Å². The maximum absolute atomic E-state index is 12.7. The van der Waals surface area contributed by atoms with Gasteiger partial charge in [-0.15, -0.1) is 0 Å². The number of rotatable bonds is 38. The van der Waals surface area contributed by atoms with Crippen LogP contribution in [0.15, 0.2) is 17.1 Å². The van der Waals surface area contributed by atoms with Crippen LogP contribution in [0.3, 0.4) is 0 Å². The lowest BCUT2D eigenvalue weighted by molar-refractivity contribution is -0.246. The molecule has 4 N–H and O–H groups in total. The van der Waals surface area contributed by atoms with Crippen LogP contribution in [0.25, 0.3) is 0 Å². The lowest BCUT2D eigenvalue weighted by atomic mass is 10.0. The molecule has 7 atom stereocenters. The van der Waals surface area contributed by atoms with Crippen LogP contribution in [0.1, 0.15) is 187 Å². The van der Waals surface area contributed by atoms with Crippen molar-refractivity contribution in [2.45, 2.75) is 211 Å². The highest BCUT2D eigenvalue weighted by atomic mass is 31.3. The van der Waals surface area contributed by atoms with Gasteiger partial charge in [0.05, 0.1) is 13.2 Å². The summed E-state index contributed by atoms with van der Waals surface area (Å²) < 4.78 is 55.6. The van der Waals surface area contributed by atoms with Crippen LogP contribution in [0, 0.1) is 0 Å². The second-order valence-corrected chi connectivity index (χ2v) is 19.2. The van der Waals surface area contributed by atoms with Gasteiger partial charge < -0.3 is 49.0 Å². The van der Waals surface area contributed by atoms with Gasteiger partial charge in [-0.1, -0.05) is 155 Å². The molecular formula is C42H75N3O15P2-2. The number of esters is 2. The Kier molecular flexibility index (Phi) is 29.2. The third kappa shape index (κ3) is 25.3. The standard InChI is InChI=1S/C42H77N3O15P2/c1-3-5-7-9-11-13-15-16-18-19-21-23-25-27-37(46)55-31-34(58-38(47)28-26-24-22-20-17-14-12-10-8-6-4-2)32-56-61(51,52)60-62(53,54)57-33-35-39(48)40(49)41(59-35)45-30-29-36(43)44-42(45)50/h29-30,34-35,39-41,48-49H,3-28,31-33H2,1-2H3,(H,51,52)(H,53,54)(H2,43,44,50)/p-2/t34-,35-,39-,40-,41-/m1/s1. The molecule has 360 valence electrons. The van der Waals surface area contributed by atoms with E-state index < -0.39 is 83.7 Å². The number of nitrogen functional groups attached to an aromatic ring is 1. The Morgan fingerprint density at radius 2 is 1.18 bits per heavy atom. The predicted molar refractivity (Wildman–Crippen MR) is 229 cm³/mol. The van der Waals surface area contributed by atoms with Crippen LogP contribution < -0.4 is 21.2 Å². The summed E-state index contributed by atoms with van der Waals surface area (Å²) in [5.41, 5.74) is 4.55. The minimum absolute atomic E-state index is 0.0314. The number of hydrogen-bond donors (Lipinski definition) is 3. The summed E-state index contributed by atoms with van der Waals surface area (Å²) in [6.45, 7) is 1.91. The van der Waals surface area contributed by atoms with Crippen molar-refractivity contribution >= 4 is 33.4 Å². The number of unbranched alkanes of at least 4 members (excludes halogenated alkanes) is 22. The van der Waals surface area contributed by atoms with E-state index in [1.165, 1.54) is 96.0 Å². The van der Waals surface area contributed by atoms with Gasteiger partial charge in [0, 0.05) is 19.0 Å². The number of hydrogen-bond acceptors (Lipinski definition) is 17. The second kappa shape index (κ2) is 32.4. The molecule has 1 aliphatic heterocycles. The first kappa shape index (κ1) is 55.9. The number of nitrogens with two attached hydrogens (primary N) is 1. The van der Waals surface area contributed by atoms with Gasteiger partial charge in [-0.2, -0.15) is 4.98 Å². The van der Waals surface area contributed by atoms with E-state index in [1.807, 2.05) is 0 Å². The average Bonchev–Trinajstić information content (AvgIpc) is 3.50. The van der Waals surface area contributed by atoms with Crippen molar-refractivity contribution in [3.63, 3.8) is 0 Å². The predicted octanol–water partition coefficient (Wildman–Crippen LogP) is 7.07. The van der Waals surface area contributed by atoms with Crippen molar-refractivity contribution in [1.82, 2.24) is 9.55 Å². The fourth-order valence-electron chi connectivity index (χ4n) is 7.06. The molecule has 1 aromatic heterocycles. The molecule has 20 heteroatoms. The molecule has 2 rings (SSSR count). The second-order valence-electron chi connectivity index (χ2n) is 16.2. The van der Waals surface area contributed by atoms with Crippen LogP contribution in [0.2, 0.25) is 0 Å². The number of ether oxygens (including phenoxy) is 3. The topological polar surface area (TPSA) is 271 Å². The van der Waals surface area contributed by atoms with Gasteiger partial charge in [0.2, 0.25) is 0 Å². The number of nitrogens with zero attached hydrogens (tertiary/aromatic N) is 2. The van der Waals surface area contributed by atoms with Crippen molar-refractivity contribution in [2.75, 3.05) is 25.6 Å². The largest absolute Gasteiger partial charge is 0.756 e. The highest BCUT2D eigenvalue weighted by Crippen LogP contribution is 2.56. The zero-order valence-electron chi connectivity index (χ0n) is 37.1. The summed E-state index contributed by atoms with van der Waals surface area (Å²) in [5.74, 6) is -1.35. The van der Waals surface area contributed by atoms with Gasteiger partial charge in [0.25, 0.3) is 15.6 Å². The maximum Gasteiger partial charge on any atom is 0.351 e. The van der Waals surface area contributed by atoms with E-state index >= 15 is 0 Å². The molecule has 0 bridgehead atoms. The lowest BCUT2D eigenvalue weighted by Gasteiger charge is -2.32. The quantitative estimate of drug-likeness (QED) is 0.0340. The number of phosphoric acid groups is 2. The molecule has 0 saturated carbocycles. The summed E-state index contributed by atoms with van der Waals surface area (Å²) in [4.78, 5) is 66.1. The first-order valence-corrected chi connectivity index (χ1v) is 25.9. The zero-order valence-corrected chi connectivity index (χ0v) is 38.9. The molecule has 0 spiro atoms. The molecule has 2 unspecified atom stereocenters. The van der Waals surface area contributed by atoms with E-state index in [-0.39, 0.29) is 18.7 Å². The van der Waals surface area contributed by atoms with E-state index in [1.54, 1.807) is 0 Å². The SMILES string of the molecule is CCCCCCCCCCCCCCCC(=O)OC[C@H](COP(=O)([O-])OP(=O)([O-])OC[C@H]1O[C@@H](n2ccc(N)nc2=O)[C@H](O)[C@@H]1O)OC(=O)CCCCCCCCCCCCC. The van der Waals surface area contributed by atoms with Crippen LogP contribution in [-0.2, 0) is 46.3 Å². The maximum atomic E-state index is 12.7. The minimum atomic E-state index is -5.72. The summed E-state index contributed by atoms with van der Waals surface area (Å²) in [7, 11) is -11.4. The number of aliphatic hydroxyl groups is 2. The Morgan fingerprint density at radius 1 is 0.726 bits per heavy atom. The third-order valence-corrected chi connectivity index (χ3v) is 13.2. The highest BCUT2D eigenvalue weighted by Gasteiger charge is 2.45. The van der Waals surface area contributed by atoms with Crippen molar-refractivity contribution in [3.8, 4) is 0 Å². The number of phosphoric ester groups is 2. The first-order chi connectivity index (χ1) is 29.7. The highest BCUT2D eigenvalue weighted by molar-refractivity contribution is 7.59. The van der Waals surface area contributed by atoms with Crippen LogP contribution >= 0.6 is 15.6 Å². The summed E-state index contributed by atoms with van der Waals surface area (Å²) in [6.07, 6.45) is 20.1. The molecule has 2 heterocycles. The smallest absolute Gasteiger partial charge is 0.351 e. The van der Waals surface area contributed by atoms with E-state index in [9.17, 15) is 43.5 Å². The Labute approximate surface area is 368 Å². The Balaban J connectivity index is 1.83. The van der Waals surface area contributed by atoms with Gasteiger partial charge in [-0.05, 0) is 18.9 Å². The normalized spacial score (nSPS) is 20.1. The molecule has 1 aliphatic rings. The molecule has 1 aromatic rings. The lowest BCUT2D eigenvalue weighted by Crippen LogP contribution is -2.36. The summed E-state index contributed by atoms with van der Waals surface area (Å²) >= 11 is 0. The van der Waals surface area contributed by atoms with Crippen LogP contribution in [-0.4, -0.2) is 75.9 Å². The average molecular weight is 924 g/mol. The van der Waals surface area contributed by atoms with Gasteiger partial charge in [0.1, 0.15) is 30.7 Å². The molecule has 1 saturated heterocycles. The van der Waals surface area contributed by atoms with E-state index in [2.05, 4.69) is 27.7 Å². The summed E-state index contributed by atoms with van der Waals surface area (Å²) in [5, 5.41) is 20.8. The number of anilines is 1. The van der Waals surface area contributed by atoms with Gasteiger partial charge in [0.15, 0.2) is 12.3 Å². The molecule has 0 amide bonds. The van der Waals surface area contributed by atoms with E-state index in [4.69, 9.17) is 24.5 Å². The fourth-order valence-corrected chi connectivity index (χ4v) is 9.10. The van der Waals surface area contributed by atoms with Crippen molar-refractivity contribution in [1.29, 1.82) is 0 Å². The number of carbonyl (C=O) groups is 2. The molecule has 0 aliphatic carbocycles. The number of aromatic nitrogens is 2. The van der Waals surface area contributed by atoms with Crippen LogP contribution in [0.5, 0.6) is 0 Å². The monoisotopic (exact) mass is 923 g/mol. The van der Waals surface area contributed by atoms with E-state index in [0.29, 0.717) is 12.8 Å². The van der Waals surface area contributed by atoms with Gasteiger partial charge in [-0.25, -0.2) is 9.11 Å². The van der Waals surface area contributed by atoms with Crippen molar-refractivity contribution < 1.29 is 66.3 Å². The molecule has 0 radical (unpaired) electrons. The fraction of sp³-hybridized carbons (Fsp3) is 0.857. The first-order valence-electron chi connectivity index (χ1n) is 23.0. The number of aliphatic hydroxyl groups excluding tert-OH is 2. The Morgan fingerprint density at radius 3 is 1.66 bits per heavy atom. The van der Waals surface area contributed by atoms with Gasteiger partial charge >= 0.3 is 17.6 Å².